The van der Waals surface area contributed by atoms with Crippen LogP contribution in [0, 0.1) is 22.7 Å². The average Bonchev–Trinajstić information content (AvgIpc) is 2.57. The summed E-state index contributed by atoms with van der Waals surface area (Å²) in [6, 6.07) is 0. The molecule has 1 aliphatic rings. The van der Waals surface area contributed by atoms with Crippen molar-refractivity contribution in [1.82, 2.24) is 0 Å². The molecule has 1 saturated heterocycles. The molecule has 0 saturated carbocycles. The van der Waals surface area contributed by atoms with E-state index in [-0.39, 0.29) is 0 Å². The molecule has 144 valence electrons. The minimum atomic E-state index is 0.364. The molecule has 24 heavy (non-hydrogen) atoms. The first-order valence-corrected chi connectivity index (χ1v) is 10.9. The van der Waals surface area contributed by atoms with Crippen LogP contribution in [-0.2, 0) is 4.74 Å². The molecule has 0 aromatic rings. The topological polar surface area (TPSA) is 9.23 Å². The van der Waals surface area contributed by atoms with Gasteiger partial charge in [-0.2, -0.15) is 0 Å². The molecule has 1 rings (SSSR count). The molecule has 3 unspecified atom stereocenters. The van der Waals surface area contributed by atoms with Crippen LogP contribution in [0.25, 0.3) is 0 Å². The van der Waals surface area contributed by atoms with Crippen LogP contribution in [0.3, 0.4) is 0 Å². The molecule has 0 aromatic carbocycles. The Morgan fingerprint density at radius 1 is 0.917 bits per heavy atom. The van der Waals surface area contributed by atoms with Crippen LogP contribution in [0.1, 0.15) is 113 Å². The lowest BCUT2D eigenvalue weighted by Crippen LogP contribution is -2.47. The highest BCUT2D eigenvalue weighted by atomic mass is 16.5. The second-order valence-corrected chi connectivity index (χ2v) is 9.44. The maximum Gasteiger partial charge on any atom is 0.0633 e. The van der Waals surface area contributed by atoms with E-state index in [1.54, 1.807) is 0 Å². The lowest BCUT2D eigenvalue weighted by Gasteiger charge is -2.51. The first kappa shape index (κ1) is 22.0. The predicted octanol–water partition coefficient (Wildman–Crippen LogP) is 7.63. The summed E-state index contributed by atoms with van der Waals surface area (Å²) in [5.74, 6) is 1.44. The van der Waals surface area contributed by atoms with Crippen molar-refractivity contribution >= 4 is 0 Å². The average molecular weight is 339 g/mol. The summed E-state index contributed by atoms with van der Waals surface area (Å²) in [6.45, 7) is 18.0. The Bertz CT molecular complexity index is 329. The van der Waals surface area contributed by atoms with E-state index < -0.39 is 0 Å². The minimum Gasteiger partial charge on any atom is -0.378 e. The molecule has 0 N–H and O–H groups in total. The van der Waals surface area contributed by atoms with Gasteiger partial charge in [-0.3, -0.25) is 0 Å². The van der Waals surface area contributed by atoms with Crippen molar-refractivity contribution in [2.45, 2.75) is 119 Å². The van der Waals surface area contributed by atoms with Crippen LogP contribution in [0.4, 0.5) is 0 Å². The fourth-order valence-electron chi connectivity index (χ4n) is 4.84. The van der Waals surface area contributed by atoms with Crippen LogP contribution >= 0.6 is 0 Å². The number of unbranched alkanes of at least 4 members (excludes halogenated alkanes) is 2. The molecule has 1 nitrogen and oxygen atoms in total. The monoisotopic (exact) mass is 338 g/mol. The van der Waals surface area contributed by atoms with E-state index in [2.05, 4.69) is 48.5 Å². The van der Waals surface area contributed by atoms with Gasteiger partial charge in [-0.15, -0.1) is 0 Å². The van der Waals surface area contributed by atoms with Gasteiger partial charge in [0.2, 0.25) is 0 Å². The molecule has 1 aliphatic heterocycles. The van der Waals surface area contributed by atoms with Crippen LogP contribution < -0.4 is 0 Å². The van der Waals surface area contributed by atoms with Crippen LogP contribution in [-0.4, -0.2) is 12.7 Å². The molecule has 0 amide bonds. The third kappa shape index (κ3) is 5.48. The van der Waals surface area contributed by atoms with E-state index in [9.17, 15) is 0 Å². The molecule has 0 aromatic heterocycles. The van der Waals surface area contributed by atoms with Gasteiger partial charge in [0.15, 0.2) is 0 Å². The van der Waals surface area contributed by atoms with Crippen molar-refractivity contribution in [2.24, 2.45) is 22.7 Å². The van der Waals surface area contributed by atoms with Crippen LogP contribution in [0.5, 0.6) is 0 Å². The number of hydrogen-bond acceptors (Lipinski definition) is 1. The van der Waals surface area contributed by atoms with Crippen molar-refractivity contribution in [3.05, 3.63) is 0 Å². The maximum absolute atomic E-state index is 6.43. The van der Waals surface area contributed by atoms with Crippen LogP contribution in [0.15, 0.2) is 0 Å². The third-order valence-electron chi connectivity index (χ3n) is 7.19. The van der Waals surface area contributed by atoms with Gasteiger partial charge in [-0.05, 0) is 61.2 Å². The molecular formula is C23H46O. The molecule has 0 bridgehead atoms. The Hall–Kier alpha value is -0.0400. The van der Waals surface area contributed by atoms with Crippen molar-refractivity contribution < 1.29 is 4.74 Å². The molecule has 0 spiro atoms. The normalized spacial score (nSPS) is 24.1. The van der Waals surface area contributed by atoms with Gasteiger partial charge in [0, 0.05) is 6.61 Å². The number of rotatable bonds is 11. The summed E-state index contributed by atoms with van der Waals surface area (Å²) in [6.07, 6.45) is 13.8. The number of hydrogen-bond donors (Lipinski definition) is 0. The van der Waals surface area contributed by atoms with E-state index in [1.807, 2.05) is 0 Å². The van der Waals surface area contributed by atoms with E-state index in [0.29, 0.717) is 22.9 Å². The first-order valence-electron chi connectivity index (χ1n) is 10.9. The zero-order valence-corrected chi connectivity index (χ0v) is 17.9. The van der Waals surface area contributed by atoms with Crippen molar-refractivity contribution in [3.8, 4) is 0 Å². The van der Waals surface area contributed by atoms with Crippen molar-refractivity contribution in [1.29, 1.82) is 0 Å². The SMILES string of the molecule is CCCCC(C)(CC(CCCC)(C(C)C)C1CCCCO1)C(C)C. The van der Waals surface area contributed by atoms with Gasteiger partial charge in [-0.1, -0.05) is 74.1 Å². The molecule has 1 heteroatoms. The minimum absolute atomic E-state index is 0.364. The Morgan fingerprint density at radius 2 is 1.54 bits per heavy atom. The second kappa shape index (κ2) is 10.2. The molecule has 0 radical (unpaired) electrons. The quantitative estimate of drug-likeness (QED) is 0.376. The fraction of sp³-hybridized carbons (Fsp3) is 1.00. The Labute approximate surface area is 153 Å². The summed E-state index contributed by atoms with van der Waals surface area (Å²) in [4.78, 5) is 0. The zero-order chi connectivity index (χ0) is 18.2. The Kier molecular flexibility index (Phi) is 9.34. The lowest BCUT2D eigenvalue weighted by atomic mass is 9.57. The molecule has 1 heterocycles. The fourth-order valence-corrected chi connectivity index (χ4v) is 4.84. The van der Waals surface area contributed by atoms with E-state index in [0.717, 1.165) is 12.5 Å². The summed E-state index contributed by atoms with van der Waals surface area (Å²) in [7, 11) is 0. The summed E-state index contributed by atoms with van der Waals surface area (Å²) >= 11 is 0. The maximum atomic E-state index is 6.43. The molecule has 1 fully saturated rings. The zero-order valence-electron chi connectivity index (χ0n) is 17.9. The third-order valence-corrected chi connectivity index (χ3v) is 7.19. The standard InChI is InChI=1S/C23H46O/c1-8-10-15-22(7,19(3)4)18-23(20(5)6,16-11-9-2)21-14-12-13-17-24-21/h19-21H,8-18H2,1-7H3. The summed E-state index contributed by atoms with van der Waals surface area (Å²) < 4.78 is 6.43. The molecular weight excluding hydrogens is 292 g/mol. The smallest absolute Gasteiger partial charge is 0.0633 e. The van der Waals surface area contributed by atoms with Crippen molar-refractivity contribution in [3.63, 3.8) is 0 Å². The Balaban J connectivity index is 3.12. The highest BCUT2D eigenvalue weighted by Crippen LogP contribution is 2.53. The number of ether oxygens (including phenoxy) is 1. The van der Waals surface area contributed by atoms with Gasteiger partial charge >= 0.3 is 0 Å². The van der Waals surface area contributed by atoms with Gasteiger partial charge in [-0.25, -0.2) is 0 Å². The molecule has 0 aliphatic carbocycles. The second-order valence-electron chi connectivity index (χ2n) is 9.44. The summed E-state index contributed by atoms with van der Waals surface area (Å²) in [5, 5.41) is 0. The first-order chi connectivity index (χ1) is 11.3. The lowest BCUT2D eigenvalue weighted by molar-refractivity contribution is -0.118. The molecule has 3 atom stereocenters. The van der Waals surface area contributed by atoms with E-state index in [4.69, 9.17) is 4.74 Å². The Morgan fingerprint density at radius 3 is 2.00 bits per heavy atom. The van der Waals surface area contributed by atoms with Gasteiger partial charge < -0.3 is 4.74 Å². The van der Waals surface area contributed by atoms with E-state index >= 15 is 0 Å². The summed E-state index contributed by atoms with van der Waals surface area (Å²) in [5.41, 5.74) is 0.804. The highest BCUT2D eigenvalue weighted by molar-refractivity contribution is 4.97. The van der Waals surface area contributed by atoms with Crippen molar-refractivity contribution in [2.75, 3.05) is 6.61 Å². The van der Waals surface area contributed by atoms with Crippen LogP contribution in [0.2, 0.25) is 0 Å². The highest BCUT2D eigenvalue weighted by Gasteiger charge is 2.47. The predicted molar refractivity (Wildman–Crippen MR) is 107 cm³/mol. The largest absolute Gasteiger partial charge is 0.378 e. The van der Waals surface area contributed by atoms with Gasteiger partial charge in [0.25, 0.3) is 0 Å². The van der Waals surface area contributed by atoms with E-state index in [1.165, 1.54) is 64.2 Å². The van der Waals surface area contributed by atoms with Gasteiger partial charge in [0.1, 0.15) is 0 Å². The van der Waals surface area contributed by atoms with Gasteiger partial charge in [0.05, 0.1) is 6.10 Å².